The van der Waals surface area contributed by atoms with Gasteiger partial charge in [-0.25, -0.2) is 9.97 Å². The second kappa shape index (κ2) is 4.51. The Balaban J connectivity index is 1.95. The van der Waals surface area contributed by atoms with Crippen LogP contribution in [0.1, 0.15) is 24.2 Å². The highest BCUT2D eigenvalue weighted by molar-refractivity contribution is 5.07. The Morgan fingerprint density at radius 2 is 2.14 bits per heavy atom. The summed E-state index contributed by atoms with van der Waals surface area (Å²) in [4.78, 5) is 8.41. The van der Waals surface area contributed by atoms with Crippen LogP contribution in [0.4, 0.5) is 0 Å². The van der Waals surface area contributed by atoms with E-state index in [1.165, 1.54) is 18.5 Å². The van der Waals surface area contributed by atoms with Gasteiger partial charge >= 0.3 is 0 Å². The summed E-state index contributed by atoms with van der Waals surface area (Å²) in [6.07, 6.45) is 5.35. The third kappa shape index (κ3) is 2.51. The van der Waals surface area contributed by atoms with Crippen molar-refractivity contribution in [3.8, 4) is 0 Å². The summed E-state index contributed by atoms with van der Waals surface area (Å²) in [6.45, 7) is 4.34. The quantitative estimate of drug-likeness (QED) is 0.766. The molecule has 2 heterocycles. The first-order valence-electron chi connectivity index (χ1n) is 5.33. The lowest BCUT2D eigenvalue weighted by atomic mass is 9.93. The van der Waals surface area contributed by atoms with Crippen LogP contribution in [0.5, 0.6) is 0 Å². The van der Waals surface area contributed by atoms with Crippen molar-refractivity contribution in [2.45, 2.75) is 26.2 Å². The van der Waals surface area contributed by atoms with Crippen LogP contribution in [0.3, 0.4) is 0 Å². The number of hydrogen-bond acceptors (Lipinski definition) is 3. The maximum absolute atomic E-state index is 4.30. The Bertz CT molecular complexity index is 292. The van der Waals surface area contributed by atoms with Crippen molar-refractivity contribution in [2.24, 2.45) is 5.92 Å². The average molecular weight is 191 g/mol. The van der Waals surface area contributed by atoms with Crippen LogP contribution in [0.25, 0.3) is 0 Å². The van der Waals surface area contributed by atoms with Crippen LogP contribution in [-0.4, -0.2) is 23.1 Å². The molecule has 1 aliphatic heterocycles. The van der Waals surface area contributed by atoms with Gasteiger partial charge in [0.1, 0.15) is 6.33 Å². The SMILES string of the molecule is Cc1cc(CC2CCNCC2)ncn1. The molecule has 0 spiro atoms. The van der Waals surface area contributed by atoms with Gasteiger partial charge in [-0.3, -0.25) is 0 Å². The number of rotatable bonds is 2. The third-order valence-corrected chi connectivity index (χ3v) is 2.82. The predicted molar refractivity (Wildman–Crippen MR) is 56.1 cm³/mol. The number of aryl methyl sites for hydroxylation is 1. The van der Waals surface area contributed by atoms with E-state index in [0.29, 0.717) is 0 Å². The minimum atomic E-state index is 0.811. The zero-order valence-corrected chi connectivity index (χ0v) is 8.66. The van der Waals surface area contributed by atoms with Crippen molar-refractivity contribution in [2.75, 3.05) is 13.1 Å². The summed E-state index contributed by atoms with van der Waals surface area (Å²) in [7, 11) is 0. The highest BCUT2D eigenvalue weighted by Gasteiger charge is 2.13. The van der Waals surface area contributed by atoms with Gasteiger partial charge in [0, 0.05) is 11.4 Å². The molecule has 1 N–H and O–H groups in total. The molecule has 0 unspecified atom stereocenters. The molecule has 1 fully saturated rings. The molecule has 76 valence electrons. The molecule has 0 saturated carbocycles. The van der Waals surface area contributed by atoms with Crippen molar-refractivity contribution in [3.63, 3.8) is 0 Å². The van der Waals surface area contributed by atoms with Crippen molar-refractivity contribution in [1.82, 2.24) is 15.3 Å². The smallest absolute Gasteiger partial charge is 0.115 e. The lowest BCUT2D eigenvalue weighted by Crippen LogP contribution is -2.28. The van der Waals surface area contributed by atoms with E-state index in [9.17, 15) is 0 Å². The van der Waals surface area contributed by atoms with Gasteiger partial charge in [0.05, 0.1) is 0 Å². The standard InChI is InChI=1S/C11H17N3/c1-9-6-11(14-8-13-9)7-10-2-4-12-5-3-10/h6,8,10,12H,2-5,7H2,1H3. The molecule has 0 aliphatic carbocycles. The van der Waals surface area contributed by atoms with Crippen molar-refractivity contribution >= 4 is 0 Å². The van der Waals surface area contributed by atoms with E-state index < -0.39 is 0 Å². The molecule has 1 aromatic rings. The monoisotopic (exact) mass is 191 g/mol. The molecule has 1 aliphatic rings. The molecule has 0 amide bonds. The molecule has 2 rings (SSSR count). The van der Waals surface area contributed by atoms with Gasteiger partial charge in [0.15, 0.2) is 0 Å². The van der Waals surface area contributed by atoms with Gasteiger partial charge in [0.2, 0.25) is 0 Å². The molecule has 3 heteroatoms. The molecule has 0 radical (unpaired) electrons. The van der Waals surface area contributed by atoms with Gasteiger partial charge in [-0.2, -0.15) is 0 Å². The molecular weight excluding hydrogens is 174 g/mol. The molecule has 1 aromatic heterocycles. The minimum absolute atomic E-state index is 0.811. The lowest BCUT2D eigenvalue weighted by Gasteiger charge is -2.22. The van der Waals surface area contributed by atoms with Crippen LogP contribution >= 0.6 is 0 Å². The molecule has 3 nitrogen and oxygen atoms in total. The van der Waals surface area contributed by atoms with E-state index in [1.807, 2.05) is 6.92 Å². The lowest BCUT2D eigenvalue weighted by molar-refractivity contribution is 0.370. The molecule has 14 heavy (non-hydrogen) atoms. The third-order valence-electron chi connectivity index (χ3n) is 2.82. The van der Waals surface area contributed by atoms with E-state index in [1.54, 1.807) is 6.33 Å². The van der Waals surface area contributed by atoms with Crippen molar-refractivity contribution in [3.05, 3.63) is 23.8 Å². The van der Waals surface area contributed by atoms with Crippen LogP contribution < -0.4 is 5.32 Å². The summed E-state index contributed by atoms with van der Waals surface area (Å²) in [5, 5.41) is 3.38. The van der Waals surface area contributed by atoms with Crippen LogP contribution in [0.2, 0.25) is 0 Å². The van der Waals surface area contributed by atoms with Crippen molar-refractivity contribution < 1.29 is 0 Å². The van der Waals surface area contributed by atoms with E-state index in [4.69, 9.17) is 0 Å². The fraction of sp³-hybridized carbons (Fsp3) is 0.636. The largest absolute Gasteiger partial charge is 0.317 e. The van der Waals surface area contributed by atoms with Gasteiger partial charge < -0.3 is 5.32 Å². The molecule has 0 atom stereocenters. The minimum Gasteiger partial charge on any atom is -0.317 e. The van der Waals surface area contributed by atoms with E-state index in [2.05, 4.69) is 21.4 Å². The highest BCUT2D eigenvalue weighted by Crippen LogP contribution is 2.16. The topological polar surface area (TPSA) is 37.8 Å². The highest BCUT2D eigenvalue weighted by atomic mass is 14.9. The summed E-state index contributed by atoms with van der Waals surface area (Å²) in [6, 6.07) is 2.10. The Labute approximate surface area is 85.0 Å². The van der Waals surface area contributed by atoms with E-state index in [0.717, 1.165) is 31.1 Å². The molecule has 0 bridgehead atoms. The van der Waals surface area contributed by atoms with Crippen LogP contribution in [0.15, 0.2) is 12.4 Å². The zero-order valence-electron chi connectivity index (χ0n) is 8.66. The maximum Gasteiger partial charge on any atom is 0.115 e. The summed E-state index contributed by atoms with van der Waals surface area (Å²) in [5.74, 6) is 0.811. The average Bonchev–Trinajstić information content (AvgIpc) is 2.19. The molecular formula is C11H17N3. The zero-order chi connectivity index (χ0) is 9.80. The maximum atomic E-state index is 4.30. The van der Waals surface area contributed by atoms with Gasteiger partial charge in [-0.1, -0.05) is 0 Å². The first-order valence-corrected chi connectivity index (χ1v) is 5.33. The Morgan fingerprint density at radius 3 is 2.86 bits per heavy atom. The first-order chi connectivity index (χ1) is 6.84. The van der Waals surface area contributed by atoms with E-state index in [-0.39, 0.29) is 0 Å². The van der Waals surface area contributed by atoms with Gasteiger partial charge in [-0.15, -0.1) is 0 Å². The predicted octanol–water partition coefficient (Wildman–Crippen LogP) is 1.33. The second-order valence-electron chi connectivity index (χ2n) is 4.05. The fourth-order valence-electron chi connectivity index (χ4n) is 2.00. The van der Waals surface area contributed by atoms with Gasteiger partial charge in [-0.05, 0) is 51.3 Å². The fourth-order valence-corrected chi connectivity index (χ4v) is 2.00. The summed E-state index contributed by atoms with van der Waals surface area (Å²) >= 11 is 0. The molecule has 1 saturated heterocycles. The Morgan fingerprint density at radius 1 is 1.36 bits per heavy atom. The number of nitrogens with one attached hydrogen (secondary N) is 1. The summed E-state index contributed by atoms with van der Waals surface area (Å²) in [5.41, 5.74) is 2.27. The normalized spacial score (nSPS) is 18.4. The number of hydrogen-bond donors (Lipinski definition) is 1. The Hall–Kier alpha value is -0.960. The first kappa shape index (κ1) is 9.59. The Kier molecular flexibility index (Phi) is 3.09. The summed E-state index contributed by atoms with van der Waals surface area (Å²) < 4.78 is 0. The second-order valence-corrected chi connectivity index (χ2v) is 4.05. The van der Waals surface area contributed by atoms with Crippen LogP contribution in [0, 0.1) is 12.8 Å². The number of aromatic nitrogens is 2. The number of nitrogens with zero attached hydrogens (tertiary/aromatic N) is 2. The molecule has 0 aromatic carbocycles. The van der Waals surface area contributed by atoms with Crippen molar-refractivity contribution in [1.29, 1.82) is 0 Å². The van der Waals surface area contributed by atoms with Gasteiger partial charge in [0.25, 0.3) is 0 Å². The van der Waals surface area contributed by atoms with E-state index >= 15 is 0 Å². The number of piperidine rings is 1. The van der Waals surface area contributed by atoms with Crippen LogP contribution in [-0.2, 0) is 6.42 Å².